The molecule has 0 radical (unpaired) electrons. The molecule has 0 aliphatic carbocycles. The maximum Gasteiger partial charge on any atom is 0.263 e. The van der Waals surface area contributed by atoms with E-state index in [-0.39, 0.29) is 24.1 Å². The molecule has 1 aromatic rings. The molecule has 5 nitrogen and oxygen atoms in total. The van der Waals surface area contributed by atoms with Crippen LogP contribution in [0.15, 0.2) is 48.1 Å². The van der Waals surface area contributed by atoms with Crippen molar-refractivity contribution in [3.63, 3.8) is 0 Å². The van der Waals surface area contributed by atoms with Crippen LogP contribution in [0.4, 0.5) is 8.78 Å². The average molecular weight is 449 g/mol. The molecule has 0 saturated carbocycles. The van der Waals surface area contributed by atoms with Crippen molar-refractivity contribution >= 4 is 23.2 Å². The lowest BCUT2D eigenvalue weighted by Crippen LogP contribution is -2.52. The summed E-state index contributed by atoms with van der Waals surface area (Å²) in [5.74, 6) is -1.50. The Bertz CT molecular complexity index is 971. The van der Waals surface area contributed by atoms with Gasteiger partial charge in [-0.15, -0.1) is 11.3 Å². The Morgan fingerprint density at radius 1 is 1.26 bits per heavy atom. The fourth-order valence-corrected chi connectivity index (χ4v) is 5.53. The zero-order chi connectivity index (χ0) is 22.3. The van der Waals surface area contributed by atoms with E-state index < -0.39 is 17.3 Å². The highest BCUT2D eigenvalue weighted by atomic mass is 32.1. The molecule has 3 aliphatic rings. The quantitative estimate of drug-likeness (QED) is 0.630. The van der Waals surface area contributed by atoms with Crippen molar-refractivity contribution in [2.45, 2.75) is 57.4 Å². The number of piperidine rings is 1. The zero-order valence-corrected chi connectivity index (χ0v) is 18.5. The minimum atomic E-state index is -0.941. The minimum Gasteiger partial charge on any atom is -0.342 e. The number of carbonyl (C=O) groups is 2. The smallest absolute Gasteiger partial charge is 0.263 e. The Labute approximate surface area is 184 Å². The van der Waals surface area contributed by atoms with Gasteiger partial charge in [0.25, 0.3) is 11.8 Å². The second kappa shape index (κ2) is 8.31. The molecule has 31 heavy (non-hydrogen) atoms. The fraction of sp³-hybridized carbons (Fsp3) is 0.478. The third kappa shape index (κ3) is 4.11. The van der Waals surface area contributed by atoms with Crippen LogP contribution in [-0.2, 0) is 9.53 Å². The van der Waals surface area contributed by atoms with Crippen LogP contribution in [0.1, 0.15) is 47.2 Å². The summed E-state index contributed by atoms with van der Waals surface area (Å²) in [6.07, 6.45) is 3.73. The van der Waals surface area contributed by atoms with Crippen LogP contribution in [-0.4, -0.2) is 52.6 Å². The van der Waals surface area contributed by atoms with Gasteiger partial charge in [-0.2, -0.15) is 0 Å². The predicted octanol–water partition coefficient (Wildman–Crippen LogP) is 4.66. The van der Waals surface area contributed by atoms with E-state index in [2.05, 4.69) is 6.58 Å². The summed E-state index contributed by atoms with van der Waals surface area (Å²) >= 11 is 1.47. The number of rotatable bonds is 4. The van der Waals surface area contributed by atoms with Gasteiger partial charge >= 0.3 is 0 Å². The van der Waals surface area contributed by atoms with Crippen molar-refractivity contribution in [2.24, 2.45) is 0 Å². The molecule has 1 spiro atoms. The van der Waals surface area contributed by atoms with E-state index in [1.54, 1.807) is 9.80 Å². The first-order valence-electron chi connectivity index (χ1n) is 10.5. The largest absolute Gasteiger partial charge is 0.342 e. The molecule has 2 amide bonds. The van der Waals surface area contributed by atoms with Crippen LogP contribution >= 0.6 is 11.3 Å². The lowest BCUT2D eigenvalue weighted by atomic mass is 9.89. The van der Waals surface area contributed by atoms with Gasteiger partial charge in [0.1, 0.15) is 12.1 Å². The molecule has 166 valence electrons. The van der Waals surface area contributed by atoms with Crippen molar-refractivity contribution in [1.29, 1.82) is 0 Å². The van der Waals surface area contributed by atoms with Gasteiger partial charge in [0.15, 0.2) is 5.60 Å². The molecule has 1 aromatic heterocycles. The number of fused-ring (bicyclic) bond motifs is 1. The minimum absolute atomic E-state index is 0.0121. The lowest BCUT2D eigenvalue weighted by Gasteiger charge is -2.37. The first-order valence-corrected chi connectivity index (χ1v) is 11.3. The Morgan fingerprint density at radius 2 is 1.97 bits per heavy atom. The fourth-order valence-electron chi connectivity index (χ4n) is 4.69. The van der Waals surface area contributed by atoms with E-state index in [1.165, 1.54) is 24.3 Å². The van der Waals surface area contributed by atoms with Gasteiger partial charge < -0.3 is 14.5 Å². The van der Waals surface area contributed by atoms with Crippen LogP contribution in [0.3, 0.4) is 0 Å². The number of hydrogen-bond acceptors (Lipinski definition) is 4. The number of aryl methyl sites for hydroxylation is 1. The van der Waals surface area contributed by atoms with Gasteiger partial charge in [-0.1, -0.05) is 6.58 Å². The van der Waals surface area contributed by atoms with Crippen molar-refractivity contribution in [3.05, 3.63) is 57.8 Å². The number of allylic oxidation sites excluding steroid dienone is 3. The Hall–Kier alpha value is -2.32. The van der Waals surface area contributed by atoms with Gasteiger partial charge in [-0.25, -0.2) is 8.78 Å². The SMILES string of the molecule is C=C(/C=C(F)\C=C(/C)F)[C@@H]1CC[C@H]2OC3(CCN(C(=O)c4ccc(C)s4)CC3)C(=O)N21. The average Bonchev–Trinajstić information content (AvgIpc) is 3.38. The number of hydrogen-bond donors (Lipinski definition) is 0. The van der Waals surface area contributed by atoms with Crippen molar-refractivity contribution in [2.75, 3.05) is 13.1 Å². The first kappa shape index (κ1) is 21.9. The molecular formula is C23H26F2N2O3S. The van der Waals surface area contributed by atoms with Gasteiger partial charge in [-0.05, 0) is 50.5 Å². The third-order valence-electron chi connectivity index (χ3n) is 6.22. The number of thiophene rings is 1. The molecule has 4 heterocycles. The molecular weight excluding hydrogens is 422 g/mol. The molecule has 8 heteroatoms. The second-order valence-electron chi connectivity index (χ2n) is 8.41. The van der Waals surface area contributed by atoms with Crippen LogP contribution in [0.2, 0.25) is 0 Å². The summed E-state index contributed by atoms with van der Waals surface area (Å²) in [6, 6.07) is 3.39. The number of ether oxygens (including phenoxy) is 1. The summed E-state index contributed by atoms with van der Waals surface area (Å²) in [6.45, 7) is 7.94. The number of amides is 2. The summed E-state index contributed by atoms with van der Waals surface area (Å²) in [7, 11) is 0. The molecule has 2 atom stereocenters. The number of carbonyl (C=O) groups excluding carboxylic acids is 2. The van der Waals surface area contributed by atoms with Gasteiger partial charge in [0, 0.05) is 36.9 Å². The molecule has 0 aromatic carbocycles. The zero-order valence-electron chi connectivity index (χ0n) is 17.7. The third-order valence-corrected chi connectivity index (χ3v) is 7.21. The summed E-state index contributed by atoms with van der Waals surface area (Å²) in [4.78, 5) is 31.3. The van der Waals surface area contributed by atoms with Crippen molar-refractivity contribution in [3.8, 4) is 0 Å². The molecule has 4 rings (SSSR count). The highest BCUT2D eigenvalue weighted by molar-refractivity contribution is 7.13. The number of halogens is 2. The summed E-state index contributed by atoms with van der Waals surface area (Å²) < 4.78 is 33.1. The highest BCUT2D eigenvalue weighted by Crippen LogP contribution is 2.44. The first-order chi connectivity index (χ1) is 14.7. The lowest BCUT2D eigenvalue weighted by molar-refractivity contribution is -0.142. The van der Waals surface area contributed by atoms with Crippen LogP contribution < -0.4 is 0 Å². The molecule has 0 N–H and O–H groups in total. The standard InChI is InChI=1S/C23H26F2N2O3S/c1-14(12-17(25)13-15(2)24)18-5-7-20-27(18)22(29)23(30-20)8-10-26(11-9-23)21(28)19-6-4-16(3)31-19/h4,6,12-13,18,20H,1,5,7-11H2,2-3H3/b15-13+,17-12+/t18-,20+/m0/s1. The van der Waals surface area contributed by atoms with Crippen LogP contribution in [0.5, 0.6) is 0 Å². The maximum absolute atomic E-state index is 13.9. The van der Waals surface area contributed by atoms with E-state index in [0.29, 0.717) is 49.2 Å². The van der Waals surface area contributed by atoms with Crippen LogP contribution in [0, 0.1) is 6.92 Å². The van der Waals surface area contributed by atoms with Gasteiger partial charge in [0.2, 0.25) is 0 Å². The predicted molar refractivity (Wildman–Crippen MR) is 115 cm³/mol. The topological polar surface area (TPSA) is 49.9 Å². The van der Waals surface area contributed by atoms with E-state index >= 15 is 0 Å². The van der Waals surface area contributed by atoms with E-state index in [0.717, 1.165) is 11.0 Å². The van der Waals surface area contributed by atoms with Crippen LogP contribution in [0.25, 0.3) is 0 Å². The van der Waals surface area contributed by atoms with Gasteiger partial charge in [-0.3, -0.25) is 9.59 Å². The van der Waals surface area contributed by atoms with E-state index in [9.17, 15) is 18.4 Å². The molecule has 3 aliphatic heterocycles. The molecule has 0 bridgehead atoms. The Morgan fingerprint density at radius 3 is 2.58 bits per heavy atom. The maximum atomic E-state index is 13.9. The van der Waals surface area contributed by atoms with Crippen molar-refractivity contribution in [1.82, 2.24) is 9.80 Å². The Kier molecular flexibility index (Phi) is 5.87. The van der Waals surface area contributed by atoms with Gasteiger partial charge in [0.05, 0.1) is 16.7 Å². The van der Waals surface area contributed by atoms with Crippen molar-refractivity contribution < 1.29 is 23.1 Å². The van der Waals surface area contributed by atoms with E-state index in [4.69, 9.17) is 4.74 Å². The highest BCUT2D eigenvalue weighted by Gasteiger charge is 2.58. The molecule has 3 fully saturated rings. The number of likely N-dealkylation sites (tertiary alicyclic amines) is 1. The normalized spacial score (nSPS) is 26.0. The molecule has 0 unspecified atom stereocenters. The monoisotopic (exact) mass is 448 g/mol. The molecule has 3 saturated heterocycles. The second-order valence-corrected chi connectivity index (χ2v) is 9.70. The Balaban J connectivity index is 1.44. The summed E-state index contributed by atoms with van der Waals surface area (Å²) in [5.41, 5.74) is -0.518. The number of nitrogens with zero attached hydrogens (tertiary/aromatic N) is 2. The van der Waals surface area contributed by atoms with E-state index in [1.807, 2.05) is 19.1 Å². The summed E-state index contributed by atoms with van der Waals surface area (Å²) in [5, 5.41) is 0.